The molecule has 0 saturated heterocycles. The molecule has 0 spiro atoms. The lowest BCUT2D eigenvalue weighted by Gasteiger charge is -2.15. The van der Waals surface area contributed by atoms with Crippen LogP contribution >= 0.6 is 0 Å². The smallest absolute Gasteiger partial charge is 0.304 e. The number of nitro groups is 2. The number of nitrogen functional groups attached to an aromatic ring is 1. The van der Waals surface area contributed by atoms with Gasteiger partial charge in [-0.05, 0) is 12.1 Å². The van der Waals surface area contributed by atoms with E-state index in [4.69, 9.17) is 10.7 Å². The molecule has 0 aromatic heterocycles. The van der Waals surface area contributed by atoms with Crippen LogP contribution in [0.2, 0.25) is 0 Å². The van der Waals surface area contributed by atoms with Crippen molar-refractivity contribution < 1.29 is 14.8 Å². The van der Waals surface area contributed by atoms with E-state index in [-0.39, 0.29) is 17.1 Å². The van der Waals surface area contributed by atoms with Crippen molar-refractivity contribution in [3.63, 3.8) is 0 Å². The second-order valence-corrected chi connectivity index (χ2v) is 4.39. The Morgan fingerprint density at radius 1 is 1.09 bits per heavy atom. The lowest BCUT2D eigenvalue weighted by atomic mass is 10.1. The molecule has 0 aliphatic carbocycles. The highest BCUT2D eigenvalue weighted by Crippen LogP contribution is 2.50. The number of rotatable bonds is 3. The van der Waals surface area contributed by atoms with Gasteiger partial charge in [-0.2, -0.15) is 10.0 Å². The van der Waals surface area contributed by atoms with Gasteiger partial charge in [-0.1, -0.05) is 18.2 Å². The van der Waals surface area contributed by atoms with Crippen LogP contribution in [0, 0.1) is 20.2 Å². The molecule has 0 radical (unpaired) electrons. The summed E-state index contributed by atoms with van der Waals surface area (Å²) in [5, 5.41) is 23.4. The first kappa shape index (κ1) is 13.6. The Labute approximate surface area is 122 Å². The molecular formula is C12H9N5O5. The van der Waals surface area contributed by atoms with Crippen molar-refractivity contribution >= 4 is 34.1 Å². The van der Waals surface area contributed by atoms with Crippen LogP contribution in [-0.4, -0.2) is 9.85 Å². The first-order chi connectivity index (χ1) is 10.5. The molecular weight excluding hydrogens is 294 g/mol. The lowest BCUT2D eigenvalue weighted by molar-refractivity contribution is -0.393. The highest BCUT2D eigenvalue weighted by atomic mass is 16.8. The normalized spacial score (nSPS) is 12.6. The van der Waals surface area contributed by atoms with Crippen LogP contribution in [0.1, 0.15) is 0 Å². The van der Waals surface area contributed by atoms with Gasteiger partial charge in [0, 0.05) is 0 Å². The summed E-state index contributed by atoms with van der Waals surface area (Å²) in [6, 6.07) is 9.36. The zero-order valence-corrected chi connectivity index (χ0v) is 10.9. The average molecular weight is 303 g/mol. The van der Waals surface area contributed by atoms with Crippen LogP contribution in [0.5, 0.6) is 0 Å². The molecule has 10 heteroatoms. The van der Waals surface area contributed by atoms with Gasteiger partial charge in [0.05, 0.1) is 21.6 Å². The molecule has 3 N–H and O–H groups in total. The third kappa shape index (κ3) is 1.94. The molecule has 10 nitrogen and oxygen atoms in total. The standard InChI is InChI=1S/C12H9N5O5/c13-10-8(16(18)19)6-9(17(20)21)12-11(10)14-22-15(12)7-4-2-1-3-5-7/h1-6,14H,13H2. The Hall–Kier alpha value is -3.40. The van der Waals surface area contributed by atoms with Crippen molar-refractivity contribution in [1.82, 2.24) is 0 Å². The highest BCUT2D eigenvalue weighted by Gasteiger charge is 2.37. The maximum Gasteiger partial charge on any atom is 0.304 e. The minimum atomic E-state index is -0.782. The number of anilines is 4. The quantitative estimate of drug-likeness (QED) is 0.501. The number of hydrogen-bond acceptors (Lipinski definition) is 8. The molecule has 0 unspecified atom stereocenters. The summed E-state index contributed by atoms with van der Waals surface area (Å²) in [4.78, 5) is 25.9. The number of nitrogens with two attached hydrogens (primary N) is 1. The first-order valence-corrected chi connectivity index (χ1v) is 6.04. The van der Waals surface area contributed by atoms with Crippen LogP contribution in [0.25, 0.3) is 0 Å². The number of fused-ring (bicyclic) bond motifs is 1. The molecule has 1 aliphatic rings. The predicted molar refractivity (Wildman–Crippen MR) is 77.5 cm³/mol. The summed E-state index contributed by atoms with van der Waals surface area (Å²) < 4.78 is 0. The third-order valence-electron chi connectivity index (χ3n) is 3.12. The number of hydrogen-bond donors (Lipinski definition) is 2. The molecule has 22 heavy (non-hydrogen) atoms. The van der Waals surface area contributed by atoms with Crippen molar-refractivity contribution in [2.45, 2.75) is 0 Å². The van der Waals surface area contributed by atoms with Crippen molar-refractivity contribution in [2.75, 3.05) is 16.3 Å². The molecule has 0 saturated carbocycles. The Bertz CT molecular complexity index is 779. The molecule has 1 heterocycles. The van der Waals surface area contributed by atoms with Gasteiger partial charge in [-0.25, -0.2) is 5.48 Å². The summed E-state index contributed by atoms with van der Waals surface area (Å²) in [7, 11) is 0. The molecule has 2 aromatic carbocycles. The first-order valence-electron chi connectivity index (χ1n) is 6.04. The molecule has 0 fully saturated rings. The third-order valence-corrected chi connectivity index (χ3v) is 3.12. The van der Waals surface area contributed by atoms with Gasteiger partial charge < -0.3 is 5.73 Å². The van der Waals surface area contributed by atoms with E-state index >= 15 is 0 Å². The van der Waals surface area contributed by atoms with Crippen molar-refractivity contribution in [3.05, 3.63) is 56.6 Å². The van der Waals surface area contributed by atoms with E-state index in [2.05, 4.69) is 5.48 Å². The molecule has 0 amide bonds. The van der Waals surface area contributed by atoms with E-state index in [9.17, 15) is 20.2 Å². The van der Waals surface area contributed by atoms with Gasteiger partial charge in [0.1, 0.15) is 11.4 Å². The van der Waals surface area contributed by atoms with Crippen LogP contribution in [0.4, 0.5) is 34.1 Å². The van der Waals surface area contributed by atoms with Crippen LogP contribution in [0.3, 0.4) is 0 Å². The van der Waals surface area contributed by atoms with E-state index in [0.717, 1.165) is 11.1 Å². The minimum absolute atomic E-state index is 0.00949. The highest BCUT2D eigenvalue weighted by molar-refractivity contribution is 5.96. The van der Waals surface area contributed by atoms with Crippen LogP contribution in [0.15, 0.2) is 36.4 Å². The fraction of sp³-hybridized carbons (Fsp3) is 0. The molecule has 112 valence electrons. The lowest BCUT2D eigenvalue weighted by Crippen LogP contribution is -2.14. The second-order valence-electron chi connectivity index (χ2n) is 4.39. The average Bonchev–Trinajstić information content (AvgIpc) is 2.93. The van der Waals surface area contributed by atoms with Gasteiger partial charge in [0.15, 0.2) is 5.69 Å². The van der Waals surface area contributed by atoms with Crippen LogP contribution < -0.4 is 16.3 Å². The van der Waals surface area contributed by atoms with Gasteiger partial charge in [0.25, 0.3) is 0 Å². The molecule has 3 rings (SSSR count). The van der Waals surface area contributed by atoms with E-state index in [0.29, 0.717) is 5.69 Å². The number of benzene rings is 2. The fourth-order valence-corrected chi connectivity index (χ4v) is 2.14. The molecule has 0 atom stereocenters. The monoisotopic (exact) mass is 303 g/mol. The Kier molecular flexibility index (Phi) is 3.00. The minimum Gasteiger partial charge on any atom is -0.391 e. The number of nitrogens with one attached hydrogen (secondary N) is 1. The summed E-state index contributed by atoms with van der Waals surface area (Å²) in [5.41, 5.74) is 7.35. The van der Waals surface area contributed by atoms with Crippen molar-refractivity contribution in [2.24, 2.45) is 0 Å². The Balaban J connectivity index is 2.24. The summed E-state index contributed by atoms with van der Waals surface area (Å²) in [6.07, 6.45) is 0. The molecule has 1 aliphatic heterocycles. The van der Waals surface area contributed by atoms with E-state index in [1.54, 1.807) is 30.3 Å². The van der Waals surface area contributed by atoms with Gasteiger partial charge in [-0.3, -0.25) is 20.2 Å². The summed E-state index contributed by atoms with van der Waals surface area (Å²) in [6.45, 7) is 0. The van der Waals surface area contributed by atoms with Gasteiger partial charge in [-0.15, -0.1) is 0 Å². The van der Waals surface area contributed by atoms with E-state index < -0.39 is 21.2 Å². The van der Waals surface area contributed by atoms with E-state index in [1.165, 1.54) is 0 Å². The second kappa shape index (κ2) is 4.86. The zero-order valence-electron chi connectivity index (χ0n) is 10.9. The molecule has 2 aromatic rings. The van der Waals surface area contributed by atoms with Crippen molar-refractivity contribution in [3.8, 4) is 0 Å². The summed E-state index contributed by atoms with van der Waals surface area (Å²) in [5.74, 6) is 0. The van der Waals surface area contributed by atoms with Gasteiger partial charge in [0.2, 0.25) is 0 Å². The Morgan fingerprint density at radius 2 is 1.73 bits per heavy atom. The number of nitrogens with zero attached hydrogens (tertiary/aromatic N) is 3. The Morgan fingerprint density at radius 3 is 2.32 bits per heavy atom. The number of para-hydroxylation sites is 1. The zero-order chi connectivity index (χ0) is 15.9. The van der Waals surface area contributed by atoms with Gasteiger partial charge >= 0.3 is 11.4 Å². The van der Waals surface area contributed by atoms with Crippen LogP contribution in [-0.2, 0) is 4.94 Å². The predicted octanol–water partition coefficient (Wildman–Crippen LogP) is 2.50. The van der Waals surface area contributed by atoms with E-state index in [1.807, 2.05) is 0 Å². The SMILES string of the molecule is Nc1c([N+](=O)[O-])cc([N+](=O)[O-])c2c1NON2c1ccccc1. The fourth-order valence-electron chi connectivity index (χ4n) is 2.14. The molecule has 0 bridgehead atoms. The topological polar surface area (TPSA) is 137 Å². The maximum absolute atomic E-state index is 11.3. The largest absolute Gasteiger partial charge is 0.391 e. The number of nitro benzene ring substituents is 2. The maximum atomic E-state index is 11.3. The summed E-state index contributed by atoms with van der Waals surface area (Å²) >= 11 is 0. The van der Waals surface area contributed by atoms with Crippen molar-refractivity contribution in [1.29, 1.82) is 0 Å².